The van der Waals surface area contributed by atoms with E-state index in [1.165, 1.54) is 0 Å². The summed E-state index contributed by atoms with van der Waals surface area (Å²) >= 11 is 0. The van der Waals surface area contributed by atoms with Crippen molar-refractivity contribution in [3.8, 4) is 0 Å². The SMILES string of the molecule is Cc1cccc2[nH]c(CCOCC(F)(F)F)nc12. The van der Waals surface area contributed by atoms with Crippen molar-refractivity contribution in [2.75, 3.05) is 13.2 Å². The third-order valence-electron chi connectivity index (χ3n) is 2.51. The highest BCUT2D eigenvalue weighted by Gasteiger charge is 2.27. The van der Waals surface area contributed by atoms with Gasteiger partial charge in [-0.05, 0) is 18.6 Å². The molecule has 18 heavy (non-hydrogen) atoms. The molecule has 6 heteroatoms. The van der Waals surface area contributed by atoms with Gasteiger partial charge in [0.2, 0.25) is 0 Å². The Hall–Kier alpha value is -1.56. The van der Waals surface area contributed by atoms with Crippen molar-refractivity contribution in [2.24, 2.45) is 0 Å². The number of nitrogens with zero attached hydrogens (tertiary/aromatic N) is 1. The molecule has 1 heterocycles. The Labute approximate surface area is 102 Å². The highest BCUT2D eigenvalue weighted by atomic mass is 19.4. The highest BCUT2D eigenvalue weighted by molar-refractivity contribution is 5.78. The molecule has 98 valence electrons. The van der Waals surface area contributed by atoms with Crippen LogP contribution < -0.4 is 0 Å². The van der Waals surface area contributed by atoms with E-state index in [1.54, 1.807) is 0 Å². The molecule has 2 rings (SSSR count). The number of aromatic amines is 1. The van der Waals surface area contributed by atoms with Crippen LogP contribution in [0.4, 0.5) is 13.2 Å². The van der Waals surface area contributed by atoms with Gasteiger partial charge in [-0.15, -0.1) is 0 Å². The Morgan fingerprint density at radius 3 is 2.78 bits per heavy atom. The molecular formula is C12H13F3N2O. The summed E-state index contributed by atoms with van der Waals surface area (Å²) in [6, 6.07) is 5.72. The Morgan fingerprint density at radius 1 is 1.33 bits per heavy atom. The minimum Gasteiger partial charge on any atom is -0.372 e. The van der Waals surface area contributed by atoms with Crippen LogP contribution in [0.25, 0.3) is 11.0 Å². The standard InChI is InChI=1S/C12H13F3N2O/c1-8-3-2-4-9-11(8)17-10(16-9)5-6-18-7-12(13,14)15/h2-4H,5-7H2,1H3,(H,16,17). The Morgan fingerprint density at radius 2 is 2.11 bits per heavy atom. The molecule has 0 amide bonds. The second-order valence-electron chi connectivity index (χ2n) is 4.07. The summed E-state index contributed by atoms with van der Waals surface area (Å²) in [4.78, 5) is 7.39. The highest BCUT2D eigenvalue weighted by Crippen LogP contribution is 2.16. The van der Waals surface area contributed by atoms with Crippen LogP contribution in [0.15, 0.2) is 18.2 Å². The topological polar surface area (TPSA) is 37.9 Å². The fourth-order valence-corrected chi connectivity index (χ4v) is 1.70. The van der Waals surface area contributed by atoms with E-state index in [0.717, 1.165) is 16.6 Å². The van der Waals surface area contributed by atoms with Crippen molar-refractivity contribution >= 4 is 11.0 Å². The first-order valence-electron chi connectivity index (χ1n) is 5.54. The van der Waals surface area contributed by atoms with E-state index in [4.69, 9.17) is 0 Å². The second kappa shape index (κ2) is 4.97. The van der Waals surface area contributed by atoms with Crippen molar-refractivity contribution in [3.63, 3.8) is 0 Å². The van der Waals surface area contributed by atoms with Crippen molar-refractivity contribution in [1.82, 2.24) is 9.97 Å². The average molecular weight is 258 g/mol. The maximum absolute atomic E-state index is 11.9. The lowest BCUT2D eigenvalue weighted by atomic mass is 10.2. The molecule has 0 radical (unpaired) electrons. The number of H-pyrrole nitrogens is 1. The first kappa shape index (κ1) is 12.9. The van der Waals surface area contributed by atoms with Crippen LogP contribution in [-0.2, 0) is 11.2 Å². The normalized spacial score (nSPS) is 12.2. The number of hydrogen-bond acceptors (Lipinski definition) is 2. The lowest BCUT2D eigenvalue weighted by Gasteiger charge is -2.06. The third kappa shape index (κ3) is 3.22. The molecule has 2 aromatic rings. The molecular weight excluding hydrogens is 245 g/mol. The summed E-state index contributed by atoms with van der Waals surface area (Å²) in [5.41, 5.74) is 2.77. The van der Waals surface area contributed by atoms with Gasteiger partial charge in [-0.3, -0.25) is 0 Å². The predicted octanol–water partition coefficient (Wildman–Crippen LogP) is 2.99. The molecule has 0 aliphatic rings. The Balaban J connectivity index is 1.94. The molecule has 0 bridgehead atoms. The molecule has 0 saturated carbocycles. The molecule has 1 aromatic carbocycles. The van der Waals surface area contributed by atoms with E-state index in [1.807, 2.05) is 25.1 Å². The third-order valence-corrected chi connectivity index (χ3v) is 2.51. The van der Waals surface area contributed by atoms with Gasteiger partial charge in [0.15, 0.2) is 0 Å². The van der Waals surface area contributed by atoms with E-state index in [2.05, 4.69) is 14.7 Å². The van der Waals surface area contributed by atoms with Crippen molar-refractivity contribution in [2.45, 2.75) is 19.5 Å². The number of aromatic nitrogens is 2. The number of para-hydroxylation sites is 1. The number of halogens is 3. The van der Waals surface area contributed by atoms with Gasteiger partial charge in [0.1, 0.15) is 12.4 Å². The monoisotopic (exact) mass is 258 g/mol. The van der Waals surface area contributed by atoms with Crippen LogP contribution in [0.1, 0.15) is 11.4 Å². The summed E-state index contributed by atoms with van der Waals surface area (Å²) in [6.45, 7) is 0.720. The van der Waals surface area contributed by atoms with Gasteiger partial charge < -0.3 is 9.72 Å². The molecule has 0 aliphatic heterocycles. The maximum Gasteiger partial charge on any atom is 0.411 e. The zero-order valence-corrected chi connectivity index (χ0v) is 9.84. The molecule has 0 fully saturated rings. The van der Waals surface area contributed by atoms with E-state index in [9.17, 15) is 13.2 Å². The van der Waals surface area contributed by atoms with E-state index in [-0.39, 0.29) is 6.61 Å². The minimum atomic E-state index is -4.27. The van der Waals surface area contributed by atoms with Gasteiger partial charge in [0, 0.05) is 6.42 Å². The molecule has 0 aliphatic carbocycles. The lowest BCUT2D eigenvalue weighted by molar-refractivity contribution is -0.173. The summed E-state index contributed by atoms with van der Waals surface area (Å²) < 4.78 is 40.1. The number of alkyl halides is 3. The van der Waals surface area contributed by atoms with Crippen molar-refractivity contribution < 1.29 is 17.9 Å². The largest absolute Gasteiger partial charge is 0.411 e. The molecule has 3 nitrogen and oxygen atoms in total. The van der Waals surface area contributed by atoms with Crippen LogP contribution in [-0.4, -0.2) is 29.4 Å². The fourth-order valence-electron chi connectivity index (χ4n) is 1.70. The number of ether oxygens (including phenoxy) is 1. The predicted molar refractivity (Wildman–Crippen MR) is 61.4 cm³/mol. The van der Waals surface area contributed by atoms with Crippen LogP contribution in [0.3, 0.4) is 0 Å². The Kier molecular flexibility index (Phi) is 3.56. The first-order valence-corrected chi connectivity index (χ1v) is 5.54. The molecule has 1 aromatic heterocycles. The maximum atomic E-state index is 11.9. The van der Waals surface area contributed by atoms with Crippen LogP contribution in [0.2, 0.25) is 0 Å². The summed E-state index contributed by atoms with van der Waals surface area (Å²) in [5, 5.41) is 0. The lowest BCUT2D eigenvalue weighted by Crippen LogP contribution is -2.18. The van der Waals surface area contributed by atoms with Gasteiger partial charge in [-0.25, -0.2) is 4.98 Å². The number of hydrogen-bond donors (Lipinski definition) is 1. The first-order chi connectivity index (χ1) is 8.46. The summed E-state index contributed by atoms with van der Waals surface area (Å²) in [7, 11) is 0. The van der Waals surface area contributed by atoms with Gasteiger partial charge in [-0.1, -0.05) is 12.1 Å². The van der Waals surface area contributed by atoms with E-state index >= 15 is 0 Å². The summed E-state index contributed by atoms with van der Waals surface area (Å²) in [6.07, 6.45) is -3.94. The smallest absolute Gasteiger partial charge is 0.372 e. The van der Waals surface area contributed by atoms with Gasteiger partial charge in [0.05, 0.1) is 17.6 Å². The quantitative estimate of drug-likeness (QED) is 0.856. The minimum absolute atomic E-state index is 0.00161. The zero-order chi connectivity index (χ0) is 13.2. The average Bonchev–Trinajstić information content (AvgIpc) is 2.68. The van der Waals surface area contributed by atoms with Crippen LogP contribution in [0.5, 0.6) is 0 Å². The second-order valence-corrected chi connectivity index (χ2v) is 4.07. The number of fused-ring (bicyclic) bond motifs is 1. The number of imidazole rings is 1. The van der Waals surface area contributed by atoms with Gasteiger partial charge in [-0.2, -0.15) is 13.2 Å². The number of rotatable bonds is 4. The van der Waals surface area contributed by atoms with Gasteiger partial charge >= 0.3 is 6.18 Å². The zero-order valence-electron chi connectivity index (χ0n) is 9.84. The number of aryl methyl sites for hydroxylation is 1. The number of benzene rings is 1. The molecule has 0 saturated heterocycles. The fraction of sp³-hybridized carbons (Fsp3) is 0.417. The molecule has 0 unspecified atom stereocenters. The van der Waals surface area contributed by atoms with E-state index in [0.29, 0.717) is 12.2 Å². The van der Waals surface area contributed by atoms with Crippen LogP contribution >= 0.6 is 0 Å². The van der Waals surface area contributed by atoms with E-state index < -0.39 is 12.8 Å². The molecule has 0 spiro atoms. The number of nitrogens with one attached hydrogen (secondary N) is 1. The van der Waals surface area contributed by atoms with Gasteiger partial charge in [0.25, 0.3) is 0 Å². The van der Waals surface area contributed by atoms with Crippen LogP contribution in [0, 0.1) is 6.92 Å². The summed E-state index contributed by atoms with van der Waals surface area (Å²) in [5.74, 6) is 0.640. The molecule has 0 atom stereocenters. The Bertz CT molecular complexity index is 534. The van der Waals surface area contributed by atoms with Crippen molar-refractivity contribution in [1.29, 1.82) is 0 Å². The molecule has 1 N–H and O–H groups in total. The van der Waals surface area contributed by atoms with Crippen molar-refractivity contribution in [3.05, 3.63) is 29.6 Å².